The van der Waals surface area contributed by atoms with E-state index in [1.165, 1.54) is 6.07 Å². The first kappa shape index (κ1) is 11.7. The van der Waals surface area contributed by atoms with E-state index < -0.39 is 11.8 Å². The van der Waals surface area contributed by atoms with E-state index in [-0.39, 0.29) is 0 Å². The minimum atomic E-state index is -0.431. The smallest absolute Gasteiger partial charge is 0.259 e. The predicted octanol–water partition coefficient (Wildman–Crippen LogP) is 2.43. The zero-order chi connectivity index (χ0) is 14.6. The van der Waals surface area contributed by atoms with Crippen LogP contribution in [0.3, 0.4) is 0 Å². The van der Waals surface area contributed by atoms with Gasteiger partial charge in [-0.1, -0.05) is 30.3 Å². The molecule has 4 rings (SSSR count). The van der Waals surface area contributed by atoms with Crippen LogP contribution in [0.2, 0.25) is 0 Å². The van der Waals surface area contributed by atoms with Gasteiger partial charge in [-0.05, 0) is 18.2 Å². The zero-order valence-corrected chi connectivity index (χ0v) is 10.8. The van der Waals surface area contributed by atoms with Gasteiger partial charge < -0.3 is 5.21 Å². The number of nitrogens with one attached hydrogen (secondary N) is 1. The van der Waals surface area contributed by atoms with Gasteiger partial charge in [-0.15, -0.1) is 0 Å². The molecule has 0 radical (unpaired) electrons. The Labute approximate surface area is 119 Å². The molecule has 21 heavy (non-hydrogen) atoms. The molecule has 0 unspecified atom stereocenters. The average molecular weight is 278 g/mol. The number of carbonyl (C=O) groups excluding carboxylic acids is 2. The number of hydrogen-bond acceptors (Lipinski definition) is 3. The molecule has 3 aromatic rings. The number of fused-ring (bicyclic) bond motifs is 2. The molecular weight excluding hydrogens is 268 g/mol. The molecule has 0 spiro atoms. The Morgan fingerprint density at radius 1 is 0.905 bits per heavy atom. The molecule has 1 aliphatic heterocycles. The fourth-order valence-electron chi connectivity index (χ4n) is 2.67. The monoisotopic (exact) mass is 278 g/mol. The molecule has 2 amide bonds. The second-order valence-corrected chi connectivity index (χ2v) is 4.95. The molecule has 2 N–H and O–H groups in total. The van der Waals surface area contributed by atoms with E-state index in [2.05, 4.69) is 5.32 Å². The van der Waals surface area contributed by atoms with Gasteiger partial charge in [-0.2, -0.15) is 4.73 Å². The number of hydrogen-bond donors (Lipinski definition) is 2. The van der Waals surface area contributed by atoms with Crippen molar-refractivity contribution in [1.82, 2.24) is 10.0 Å². The van der Waals surface area contributed by atoms with Gasteiger partial charge in [0.25, 0.3) is 11.8 Å². The molecule has 102 valence electrons. The molecule has 0 fully saturated rings. The lowest BCUT2D eigenvalue weighted by Crippen LogP contribution is -2.19. The zero-order valence-electron chi connectivity index (χ0n) is 10.8. The summed E-state index contributed by atoms with van der Waals surface area (Å²) in [6.45, 7) is 0. The maximum Gasteiger partial charge on any atom is 0.259 e. The van der Waals surface area contributed by atoms with Crippen molar-refractivity contribution in [3.8, 4) is 11.3 Å². The standard InChI is InChI=1S/C16H10N2O3/c19-15-11-6-10-7-13(9-4-2-1-3-5-9)18(21)14(10)8-12(11)16(20)17-15/h1-8,21H,(H,17,19,20). The van der Waals surface area contributed by atoms with E-state index in [0.717, 1.165) is 10.3 Å². The fraction of sp³-hybridized carbons (Fsp3) is 0. The second-order valence-electron chi connectivity index (χ2n) is 4.95. The van der Waals surface area contributed by atoms with Crippen molar-refractivity contribution in [1.29, 1.82) is 0 Å². The first-order valence-corrected chi connectivity index (χ1v) is 6.45. The van der Waals surface area contributed by atoms with Crippen molar-refractivity contribution in [3.05, 3.63) is 59.7 Å². The Bertz CT molecular complexity index is 910. The molecule has 5 heteroatoms. The third-order valence-corrected chi connectivity index (χ3v) is 3.70. The number of nitrogens with zero attached hydrogens (tertiary/aromatic N) is 1. The van der Waals surface area contributed by atoms with Gasteiger partial charge in [0.2, 0.25) is 0 Å². The van der Waals surface area contributed by atoms with E-state index in [1.54, 1.807) is 12.1 Å². The maximum atomic E-state index is 11.7. The molecule has 0 atom stereocenters. The van der Waals surface area contributed by atoms with Crippen molar-refractivity contribution >= 4 is 22.7 Å². The lowest BCUT2D eigenvalue weighted by Gasteiger charge is -2.02. The third kappa shape index (κ3) is 1.57. The molecular formula is C16H10N2O3. The summed E-state index contributed by atoms with van der Waals surface area (Å²) >= 11 is 0. The van der Waals surface area contributed by atoms with Gasteiger partial charge in [0.1, 0.15) is 0 Å². The normalized spacial score (nSPS) is 13.5. The first-order chi connectivity index (χ1) is 10.1. The van der Waals surface area contributed by atoms with Gasteiger partial charge in [0, 0.05) is 10.9 Å². The van der Waals surface area contributed by atoms with Crippen LogP contribution in [-0.4, -0.2) is 21.8 Å². The quantitative estimate of drug-likeness (QED) is 0.530. The molecule has 0 saturated carbocycles. The van der Waals surface area contributed by atoms with Crippen LogP contribution in [0.4, 0.5) is 0 Å². The van der Waals surface area contributed by atoms with Crippen LogP contribution in [0.15, 0.2) is 48.5 Å². The minimum Gasteiger partial charge on any atom is -0.428 e. The highest BCUT2D eigenvalue weighted by atomic mass is 16.5. The van der Waals surface area contributed by atoms with Crippen LogP contribution >= 0.6 is 0 Å². The Hall–Kier alpha value is -3.08. The van der Waals surface area contributed by atoms with E-state index in [1.807, 2.05) is 30.3 Å². The predicted molar refractivity (Wildman–Crippen MR) is 76.4 cm³/mol. The molecule has 0 bridgehead atoms. The van der Waals surface area contributed by atoms with Crippen molar-refractivity contribution < 1.29 is 14.8 Å². The number of aromatic nitrogens is 1. The van der Waals surface area contributed by atoms with E-state index >= 15 is 0 Å². The topological polar surface area (TPSA) is 71.3 Å². The minimum absolute atomic E-state index is 0.292. The van der Waals surface area contributed by atoms with Crippen molar-refractivity contribution in [2.24, 2.45) is 0 Å². The lowest BCUT2D eigenvalue weighted by atomic mass is 10.1. The number of benzene rings is 2. The SMILES string of the molecule is O=C1NC(=O)c2cc3c(cc21)cc(-c1ccccc1)n3O. The largest absolute Gasteiger partial charge is 0.428 e. The summed E-state index contributed by atoms with van der Waals surface area (Å²) in [6, 6.07) is 14.4. The van der Waals surface area contributed by atoms with Crippen molar-refractivity contribution in [2.75, 3.05) is 0 Å². The van der Waals surface area contributed by atoms with Crippen LogP contribution in [0, 0.1) is 0 Å². The molecule has 2 aromatic carbocycles. The number of rotatable bonds is 1. The average Bonchev–Trinajstić information content (AvgIpc) is 2.97. The summed E-state index contributed by atoms with van der Waals surface area (Å²) in [4.78, 5) is 23.4. The number of amides is 2. The van der Waals surface area contributed by atoms with Crippen LogP contribution in [0.25, 0.3) is 22.2 Å². The van der Waals surface area contributed by atoms with E-state index in [0.29, 0.717) is 27.7 Å². The second kappa shape index (κ2) is 3.96. The summed E-state index contributed by atoms with van der Waals surface area (Å²) in [7, 11) is 0. The number of carbonyl (C=O) groups is 2. The summed E-state index contributed by atoms with van der Waals surface area (Å²) in [5.74, 6) is -0.830. The summed E-state index contributed by atoms with van der Waals surface area (Å²) < 4.78 is 1.04. The maximum absolute atomic E-state index is 11.7. The van der Waals surface area contributed by atoms with Gasteiger partial charge in [0.05, 0.1) is 22.3 Å². The highest BCUT2D eigenvalue weighted by molar-refractivity contribution is 6.23. The first-order valence-electron chi connectivity index (χ1n) is 6.45. The van der Waals surface area contributed by atoms with E-state index in [9.17, 15) is 14.8 Å². The highest BCUT2D eigenvalue weighted by Crippen LogP contribution is 2.30. The molecule has 0 aliphatic carbocycles. The summed E-state index contributed by atoms with van der Waals surface area (Å²) in [5, 5.41) is 13.3. The third-order valence-electron chi connectivity index (χ3n) is 3.70. The van der Waals surface area contributed by atoms with Crippen molar-refractivity contribution in [3.63, 3.8) is 0 Å². The summed E-state index contributed by atoms with van der Waals surface area (Å²) in [6.07, 6.45) is 0. The van der Waals surface area contributed by atoms with Gasteiger partial charge in [-0.25, -0.2) is 0 Å². The van der Waals surface area contributed by atoms with Crippen LogP contribution in [0.5, 0.6) is 0 Å². The lowest BCUT2D eigenvalue weighted by molar-refractivity contribution is 0.0879. The van der Waals surface area contributed by atoms with Crippen LogP contribution in [0.1, 0.15) is 20.7 Å². The Morgan fingerprint density at radius 2 is 1.57 bits per heavy atom. The molecule has 5 nitrogen and oxygen atoms in total. The van der Waals surface area contributed by atoms with Crippen LogP contribution < -0.4 is 5.32 Å². The van der Waals surface area contributed by atoms with E-state index in [4.69, 9.17) is 0 Å². The summed E-state index contributed by atoms with van der Waals surface area (Å²) in [5.41, 5.74) is 2.60. The Morgan fingerprint density at radius 3 is 2.29 bits per heavy atom. The van der Waals surface area contributed by atoms with Crippen molar-refractivity contribution in [2.45, 2.75) is 0 Å². The van der Waals surface area contributed by atoms with Crippen LogP contribution in [-0.2, 0) is 0 Å². The molecule has 1 aromatic heterocycles. The van der Waals surface area contributed by atoms with Gasteiger partial charge in [-0.3, -0.25) is 14.9 Å². The van der Waals surface area contributed by atoms with Gasteiger partial charge >= 0.3 is 0 Å². The molecule has 2 heterocycles. The van der Waals surface area contributed by atoms with Gasteiger partial charge in [0.15, 0.2) is 0 Å². The Kier molecular flexibility index (Phi) is 2.21. The Balaban J connectivity index is 2.00. The number of imide groups is 1. The highest BCUT2D eigenvalue weighted by Gasteiger charge is 2.28. The fourth-order valence-corrected chi connectivity index (χ4v) is 2.67. The molecule has 1 aliphatic rings. The molecule has 0 saturated heterocycles.